The van der Waals surface area contributed by atoms with Crippen LogP contribution in [-0.4, -0.2) is 17.9 Å². The molecule has 0 aromatic carbocycles. The second-order valence-electron chi connectivity index (χ2n) is 4.63. The normalized spacial score (nSPS) is 24.7. The molecule has 0 saturated heterocycles. The van der Waals surface area contributed by atoms with Crippen LogP contribution < -0.4 is 5.32 Å². The third-order valence-electron chi connectivity index (χ3n) is 3.19. The molecule has 1 N–H and O–H groups in total. The number of hydrogen-bond donors (Lipinski definition) is 1. The lowest BCUT2D eigenvalue weighted by Crippen LogP contribution is -2.42. The maximum Gasteiger partial charge on any atom is 0.248 e. The third-order valence-corrected chi connectivity index (χ3v) is 3.19. The number of carbonyl (C=O) groups is 1. The molecule has 1 rings (SSSR count). The lowest BCUT2D eigenvalue weighted by Gasteiger charge is -2.29. The van der Waals surface area contributed by atoms with E-state index in [1.807, 2.05) is 13.0 Å². The highest BCUT2D eigenvalue weighted by atomic mass is 19.3. The fraction of sp³-hybridized carbons (Fsp3) is 0.833. The minimum Gasteiger partial charge on any atom is -0.352 e. The van der Waals surface area contributed by atoms with Crippen LogP contribution in [0.2, 0.25) is 0 Å². The zero-order chi connectivity index (χ0) is 12.9. The predicted molar refractivity (Wildman–Crippen MR) is 59.4 cm³/mol. The lowest BCUT2D eigenvalue weighted by atomic mass is 9.85. The van der Waals surface area contributed by atoms with Crippen LogP contribution in [-0.2, 0) is 4.79 Å². The van der Waals surface area contributed by atoms with E-state index in [4.69, 9.17) is 5.26 Å². The molecule has 0 spiro atoms. The molecule has 1 aliphatic rings. The Kier molecular flexibility index (Phi) is 4.86. The Morgan fingerprint density at radius 1 is 1.65 bits per heavy atom. The molecule has 3 nitrogen and oxygen atoms in total. The van der Waals surface area contributed by atoms with Crippen LogP contribution in [0.3, 0.4) is 0 Å². The van der Waals surface area contributed by atoms with Gasteiger partial charge in [-0.1, -0.05) is 6.92 Å². The summed E-state index contributed by atoms with van der Waals surface area (Å²) in [5.74, 6) is -3.64. The van der Waals surface area contributed by atoms with Gasteiger partial charge >= 0.3 is 0 Å². The molecule has 1 saturated carbocycles. The van der Waals surface area contributed by atoms with Gasteiger partial charge < -0.3 is 5.32 Å². The van der Waals surface area contributed by atoms with E-state index in [2.05, 4.69) is 5.32 Å². The van der Waals surface area contributed by atoms with Crippen LogP contribution in [0.4, 0.5) is 8.78 Å². The Morgan fingerprint density at radius 3 is 2.88 bits per heavy atom. The summed E-state index contributed by atoms with van der Waals surface area (Å²) in [7, 11) is 0. The quantitative estimate of drug-likeness (QED) is 0.826. The summed E-state index contributed by atoms with van der Waals surface area (Å²) in [4.78, 5) is 11.8. The zero-order valence-electron chi connectivity index (χ0n) is 10.0. The summed E-state index contributed by atoms with van der Waals surface area (Å²) in [6.07, 6.45) is 1.30. The number of nitrogens with zero attached hydrogens (tertiary/aromatic N) is 1. The fourth-order valence-electron chi connectivity index (χ4n) is 2.12. The molecule has 0 heterocycles. The van der Waals surface area contributed by atoms with E-state index in [9.17, 15) is 13.6 Å². The molecule has 1 fully saturated rings. The van der Waals surface area contributed by atoms with Gasteiger partial charge in [0.2, 0.25) is 11.8 Å². The minimum atomic E-state index is -2.71. The first kappa shape index (κ1) is 13.9. The zero-order valence-corrected chi connectivity index (χ0v) is 10.0. The summed E-state index contributed by atoms with van der Waals surface area (Å²) in [6.45, 7) is 1.86. The summed E-state index contributed by atoms with van der Waals surface area (Å²) in [5.41, 5.74) is 0. The van der Waals surface area contributed by atoms with Crippen molar-refractivity contribution < 1.29 is 13.6 Å². The Balaban J connectivity index is 2.49. The van der Waals surface area contributed by atoms with Crippen LogP contribution >= 0.6 is 0 Å². The summed E-state index contributed by atoms with van der Waals surface area (Å²) in [6, 6.07) is 1.76. The van der Waals surface area contributed by atoms with E-state index in [1.165, 1.54) is 0 Å². The molecule has 2 unspecified atom stereocenters. The highest BCUT2D eigenvalue weighted by Gasteiger charge is 2.39. The van der Waals surface area contributed by atoms with Crippen molar-refractivity contribution in [2.24, 2.45) is 5.92 Å². The number of nitrogens with one attached hydrogen (secondary N) is 1. The second kappa shape index (κ2) is 5.95. The first-order valence-electron chi connectivity index (χ1n) is 6.03. The second-order valence-corrected chi connectivity index (χ2v) is 4.63. The van der Waals surface area contributed by atoms with Crippen LogP contribution in [0.5, 0.6) is 0 Å². The molecule has 1 aliphatic carbocycles. The van der Waals surface area contributed by atoms with Gasteiger partial charge in [-0.2, -0.15) is 5.26 Å². The van der Waals surface area contributed by atoms with Crippen LogP contribution in [0.1, 0.15) is 45.4 Å². The monoisotopic (exact) mass is 244 g/mol. The first-order chi connectivity index (χ1) is 7.98. The molecule has 2 atom stereocenters. The van der Waals surface area contributed by atoms with Gasteiger partial charge in [-0.25, -0.2) is 8.78 Å². The fourth-order valence-corrected chi connectivity index (χ4v) is 2.12. The Hall–Kier alpha value is -1.18. The van der Waals surface area contributed by atoms with Crippen molar-refractivity contribution >= 4 is 5.91 Å². The molecular weight excluding hydrogens is 226 g/mol. The highest BCUT2D eigenvalue weighted by Crippen LogP contribution is 2.36. The van der Waals surface area contributed by atoms with Crippen molar-refractivity contribution in [2.75, 3.05) is 0 Å². The predicted octanol–water partition coefficient (Wildman–Crippen LogP) is 2.62. The number of alkyl halides is 2. The van der Waals surface area contributed by atoms with Crippen LogP contribution in [0.15, 0.2) is 0 Å². The number of hydrogen-bond acceptors (Lipinski definition) is 2. The largest absolute Gasteiger partial charge is 0.352 e. The molecule has 5 heteroatoms. The minimum absolute atomic E-state index is 0.119. The molecule has 1 amide bonds. The maximum absolute atomic E-state index is 13.1. The van der Waals surface area contributed by atoms with Crippen molar-refractivity contribution in [2.45, 2.75) is 57.4 Å². The van der Waals surface area contributed by atoms with E-state index >= 15 is 0 Å². The Bertz CT molecular complexity index is 312. The van der Waals surface area contributed by atoms with Crippen molar-refractivity contribution in [1.82, 2.24) is 5.32 Å². The molecule has 96 valence electrons. The van der Waals surface area contributed by atoms with E-state index in [-0.39, 0.29) is 31.2 Å². The molecule has 0 radical (unpaired) electrons. The number of halogens is 2. The molecule has 17 heavy (non-hydrogen) atoms. The smallest absolute Gasteiger partial charge is 0.248 e. The number of rotatable bonds is 4. The standard InChI is InChI=1S/C12H18F2N2O/c1-2-10(5-7-15)16-11(17)9-4-3-6-12(13,14)8-9/h9-10H,2-6,8H2,1H3,(H,16,17). The van der Waals surface area contributed by atoms with Gasteiger partial charge in [0.05, 0.1) is 12.5 Å². The topological polar surface area (TPSA) is 52.9 Å². The molecular formula is C12H18F2N2O. The van der Waals surface area contributed by atoms with Crippen molar-refractivity contribution in [3.8, 4) is 6.07 Å². The van der Waals surface area contributed by atoms with E-state index in [0.29, 0.717) is 19.3 Å². The Morgan fingerprint density at radius 2 is 2.35 bits per heavy atom. The van der Waals surface area contributed by atoms with Gasteiger partial charge in [0.15, 0.2) is 0 Å². The SMILES string of the molecule is CCC(CC#N)NC(=O)C1CCCC(F)(F)C1. The van der Waals surface area contributed by atoms with Gasteiger partial charge in [-0.3, -0.25) is 4.79 Å². The average Bonchev–Trinajstić information content (AvgIpc) is 2.27. The van der Waals surface area contributed by atoms with E-state index in [1.54, 1.807) is 0 Å². The summed E-state index contributed by atoms with van der Waals surface area (Å²) in [5, 5.41) is 11.2. The van der Waals surface area contributed by atoms with Crippen molar-refractivity contribution in [1.29, 1.82) is 5.26 Å². The highest BCUT2D eigenvalue weighted by molar-refractivity contribution is 5.79. The lowest BCUT2D eigenvalue weighted by molar-refractivity contribution is -0.132. The maximum atomic E-state index is 13.1. The van der Waals surface area contributed by atoms with Gasteiger partial charge in [0.25, 0.3) is 0 Å². The van der Waals surface area contributed by atoms with Gasteiger partial charge in [-0.15, -0.1) is 0 Å². The van der Waals surface area contributed by atoms with Gasteiger partial charge in [-0.05, 0) is 19.3 Å². The summed E-state index contributed by atoms with van der Waals surface area (Å²) >= 11 is 0. The summed E-state index contributed by atoms with van der Waals surface area (Å²) < 4.78 is 26.3. The van der Waals surface area contributed by atoms with Gasteiger partial charge in [0.1, 0.15) is 0 Å². The van der Waals surface area contributed by atoms with Crippen LogP contribution in [0, 0.1) is 17.2 Å². The van der Waals surface area contributed by atoms with Crippen molar-refractivity contribution in [3.05, 3.63) is 0 Å². The molecule has 0 bridgehead atoms. The molecule has 0 aliphatic heterocycles. The average molecular weight is 244 g/mol. The number of carbonyl (C=O) groups excluding carboxylic acids is 1. The molecule has 0 aromatic rings. The van der Waals surface area contributed by atoms with Crippen molar-refractivity contribution in [3.63, 3.8) is 0 Å². The van der Waals surface area contributed by atoms with Gasteiger partial charge in [0, 0.05) is 24.8 Å². The third kappa shape index (κ3) is 4.29. The van der Waals surface area contributed by atoms with E-state index < -0.39 is 11.8 Å². The number of nitriles is 1. The molecule has 0 aromatic heterocycles. The number of amides is 1. The first-order valence-corrected chi connectivity index (χ1v) is 6.03. The van der Waals surface area contributed by atoms with Crippen LogP contribution in [0.25, 0.3) is 0 Å². The Labute approximate surface area is 100 Å². The van der Waals surface area contributed by atoms with E-state index in [0.717, 1.165) is 0 Å².